The normalized spacial score (nSPS) is 11.8. The lowest BCUT2D eigenvalue weighted by Crippen LogP contribution is -2.03. The number of aromatic nitrogens is 1. The lowest BCUT2D eigenvalue weighted by Gasteiger charge is -2.11. The molecule has 1 heterocycles. The predicted molar refractivity (Wildman–Crippen MR) is 50.4 cm³/mol. The van der Waals surface area contributed by atoms with Crippen molar-refractivity contribution in [3.63, 3.8) is 0 Å². The van der Waals surface area contributed by atoms with Crippen LogP contribution in [0.25, 0.3) is 0 Å². The van der Waals surface area contributed by atoms with E-state index >= 15 is 0 Å². The fraction of sp³-hybridized carbons (Fsp3) is 0.286. The number of alkyl halides is 2. The average Bonchev–Trinajstić information content (AvgIpc) is 2.14. The van der Waals surface area contributed by atoms with Gasteiger partial charge in [0.25, 0.3) is 15.5 Å². The first-order chi connectivity index (χ1) is 7.29. The van der Waals surface area contributed by atoms with Crippen LogP contribution in [0.15, 0.2) is 11.2 Å². The van der Waals surface area contributed by atoms with Crippen molar-refractivity contribution in [2.45, 2.75) is 11.5 Å². The van der Waals surface area contributed by atoms with Gasteiger partial charge >= 0.3 is 0 Å². The number of hydrogen-bond donors (Lipinski definition) is 1. The molecule has 0 saturated carbocycles. The van der Waals surface area contributed by atoms with E-state index in [1.807, 2.05) is 0 Å². The van der Waals surface area contributed by atoms with Gasteiger partial charge < -0.3 is 9.84 Å². The first-order valence-electron chi connectivity index (χ1n) is 3.77. The molecule has 0 bridgehead atoms. The van der Waals surface area contributed by atoms with E-state index in [9.17, 15) is 17.2 Å². The van der Waals surface area contributed by atoms with Crippen molar-refractivity contribution in [2.24, 2.45) is 0 Å². The van der Waals surface area contributed by atoms with Crippen LogP contribution in [0, 0.1) is 0 Å². The zero-order valence-corrected chi connectivity index (χ0v) is 9.39. The maximum atomic E-state index is 12.5. The maximum absolute atomic E-state index is 12.5. The van der Waals surface area contributed by atoms with Gasteiger partial charge in [0.1, 0.15) is 11.3 Å². The van der Waals surface area contributed by atoms with Crippen molar-refractivity contribution < 1.29 is 27.0 Å². The molecule has 9 heteroatoms. The first kappa shape index (κ1) is 12.9. The van der Waals surface area contributed by atoms with Crippen LogP contribution in [0.2, 0.25) is 0 Å². The molecule has 0 unspecified atom stereocenters. The van der Waals surface area contributed by atoms with Gasteiger partial charge in [-0.3, -0.25) is 0 Å². The van der Waals surface area contributed by atoms with Crippen LogP contribution >= 0.6 is 10.7 Å². The van der Waals surface area contributed by atoms with Gasteiger partial charge in [-0.15, -0.1) is 0 Å². The molecule has 0 aliphatic carbocycles. The summed E-state index contributed by atoms with van der Waals surface area (Å²) in [7, 11) is 1.61. The fourth-order valence-corrected chi connectivity index (χ4v) is 1.98. The van der Waals surface area contributed by atoms with E-state index in [0.717, 1.165) is 7.11 Å². The average molecular weight is 274 g/mol. The summed E-state index contributed by atoms with van der Waals surface area (Å²) in [5.74, 6) is -1.62. The fourth-order valence-electron chi connectivity index (χ4n) is 1.06. The van der Waals surface area contributed by atoms with Gasteiger partial charge in [-0.2, -0.15) is 0 Å². The molecule has 0 radical (unpaired) electrons. The molecular formula is C7H6ClF2NO4S. The van der Waals surface area contributed by atoms with Crippen LogP contribution in [-0.2, 0) is 9.05 Å². The highest BCUT2D eigenvalue weighted by atomic mass is 35.7. The van der Waals surface area contributed by atoms with Crippen molar-refractivity contribution in [1.29, 1.82) is 0 Å². The lowest BCUT2D eigenvalue weighted by molar-refractivity contribution is 0.142. The Morgan fingerprint density at radius 2 is 2.12 bits per heavy atom. The summed E-state index contributed by atoms with van der Waals surface area (Å²) in [6.45, 7) is 0. The van der Waals surface area contributed by atoms with Gasteiger partial charge in [-0.1, -0.05) is 0 Å². The number of aromatic hydroxyl groups is 1. The van der Waals surface area contributed by atoms with E-state index in [1.54, 1.807) is 0 Å². The minimum absolute atomic E-state index is 0.569. The summed E-state index contributed by atoms with van der Waals surface area (Å²) in [6, 6.07) is 0. The van der Waals surface area contributed by atoms with E-state index in [0.29, 0.717) is 6.20 Å². The molecule has 0 amide bonds. The van der Waals surface area contributed by atoms with Gasteiger partial charge in [0.15, 0.2) is 5.75 Å². The van der Waals surface area contributed by atoms with E-state index in [-0.39, 0.29) is 0 Å². The Morgan fingerprint density at radius 3 is 2.50 bits per heavy atom. The topological polar surface area (TPSA) is 76.5 Å². The molecule has 1 N–H and O–H groups in total. The van der Waals surface area contributed by atoms with E-state index in [2.05, 4.69) is 9.72 Å². The molecule has 16 heavy (non-hydrogen) atoms. The van der Waals surface area contributed by atoms with Crippen LogP contribution in [0.4, 0.5) is 8.78 Å². The van der Waals surface area contributed by atoms with E-state index < -0.39 is 37.6 Å². The maximum Gasteiger partial charge on any atom is 0.282 e. The quantitative estimate of drug-likeness (QED) is 0.848. The number of methoxy groups -OCH3 is 1. The smallest absolute Gasteiger partial charge is 0.282 e. The first-order valence-corrected chi connectivity index (χ1v) is 6.08. The van der Waals surface area contributed by atoms with Crippen molar-refractivity contribution in [2.75, 3.05) is 7.11 Å². The number of rotatable bonds is 3. The van der Waals surface area contributed by atoms with Crippen molar-refractivity contribution in [3.05, 3.63) is 11.8 Å². The second-order valence-corrected chi connectivity index (χ2v) is 5.12. The van der Waals surface area contributed by atoms with Crippen LogP contribution in [0.1, 0.15) is 12.0 Å². The molecule has 90 valence electrons. The number of ether oxygens (including phenoxy) is 1. The number of hydrogen-bond acceptors (Lipinski definition) is 5. The van der Waals surface area contributed by atoms with Crippen LogP contribution in [-0.4, -0.2) is 25.6 Å². The second-order valence-electron chi connectivity index (χ2n) is 2.63. The molecule has 0 fully saturated rings. The van der Waals surface area contributed by atoms with Gasteiger partial charge in [-0.05, 0) is 0 Å². The Balaban J connectivity index is 3.62. The molecular weight excluding hydrogens is 268 g/mol. The molecule has 0 aliphatic rings. The Morgan fingerprint density at radius 1 is 1.56 bits per heavy atom. The highest BCUT2D eigenvalue weighted by Crippen LogP contribution is 2.39. The van der Waals surface area contributed by atoms with Crippen molar-refractivity contribution >= 4 is 19.7 Å². The Hall–Kier alpha value is -1.15. The predicted octanol–water partition coefficient (Wildman–Crippen LogP) is 1.66. The summed E-state index contributed by atoms with van der Waals surface area (Å²) in [5, 5.41) is 8.27. The third kappa shape index (κ3) is 2.33. The Bertz CT molecular complexity index is 505. The number of nitrogens with zero attached hydrogens (tertiary/aromatic N) is 1. The second kappa shape index (κ2) is 4.38. The minimum Gasteiger partial charge on any atom is -0.506 e. The molecule has 1 aromatic heterocycles. The zero-order chi connectivity index (χ0) is 12.5. The molecule has 0 saturated heterocycles. The van der Waals surface area contributed by atoms with Crippen molar-refractivity contribution in [3.8, 4) is 11.5 Å². The Labute approximate surface area is 94.1 Å². The van der Waals surface area contributed by atoms with Gasteiger partial charge in [0, 0.05) is 10.7 Å². The number of halogens is 3. The van der Waals surface area contributed by atoms with Crippen LogP contribution < -0.4 is 4.74 Å². The van der Waals surface area contributed by atoms with Crippen molar-refractivity contribution in [1.82, 2.24) is 4.98 Å². The molecule has 1 rings (SSSR count). The third-order valence-corrected chi connectivity index (χ3v) is 2.86. The zero-order valence-electron chi connectivity index (χ0n) is 7.82. The Kier molecular flexibility index (Phi) is 3.54. The highest BCUT2D eigenvalue weighted by Gasteiger charge is 2.28. The molecule has 0 aliphatic heterocycles. The third-order valence-electron chi connectivity index (χ3n) is 1.67. The standard InChI is InChI=1S/C7H6ClF2NO4S/c1-15-5-4(6(9)10)3(12)2-11-7(5)16(8,13)14/h2,6,12H,1H3. The summed E-state index contributed by atoms with van der Waals surface area (Å²) in [6.07, 6.45) is -2.55. The van der Waals surface area contributed by atoms with Crippen LogP contribution in [0.5, 0.6) is 11.5 Å². The minimum atomic E-state index is -4.33. The van der Waals surface area contributed by atoms with E-state index in [1.165, 1.54) is 0 Å². The monoisotopic (exact) mass is 273 g/mol. The highest BCUT2D eigenvalue weighted by molar-refractivity contribution is 8.13. The summed E-state index contributed by atoms with van der Waals surface area (Å²) in [4.78, 5) is 3.24. The van der Waals surface area contributed by atoms with E-state index in [4.69, 9.17) is 15.8 Å². The SMILES string of the molecule is COc1c(S(=O)(=O)Cl)ncc(O)c1C(F)F. The summed E-state index contributed by atoms with van der Waals surface area (Å²) in [5.41, 5.74) is -0.961. The largest absolute Gasteiger partial charge is 0.506 e. The van der Waals surface area contributed by atoms with Crippen LogP contribution in [0.3, 0.4) is 0 Å². The number of pyridine rings is 1. The molecule has 0 atom stereocenters. The lowest BCUT2D eigenvalue weighted by atomic mass is 10.2. The molecule has 0 spiro atoms. The molecule has 1 aromatic rings. The molecule has 5 nitrogen and oxygen atoms in total. The van der Waals surface area contributed by atoms with Gasteiger partial charge in [0.2, 0.25) is 5.03 Å². The van der Waals surface area contributed by atoms with Gasteiger partial charge in [-0.25, -0.2) is 22.2 Å². The molecule has 0 aromatic carbocycles. The van der Waals surface area contributed by atoms with Gasteiger partial charge in [0.05, 0.1) is 13.3 Å². The summed E-state index contributed by atoms with van der Waals surface area (Å²) >= 11 is 0. The summed E-state index contributed by atoms with van der Waals surface area (Å²) < 4.78 is 51.5.